The number of benzene rings is 2. The maximum atomic E-state index is 4.94. The Labute approximate surface area is 251 Å². The fraction of sp³-hybridized carbons (Fsp3) is 0.406. The van der Waals surface area contributed by atoms with Crippen molar-refractivity contribution in [1.29, 1.82) is 0 Å². The molecule has 1 nitrogen and oxygen atoms in total. The number of ether oxygens (including phenoxy) is 1. The molecule has 2 aromatic rings. The topological polar surface area (TPSA) is 9.23 Å². The molecule has 4 heteroatoms. The van der Waals surface area contributed by atoms with Gasteiger partial charge in [-0.15, -0.1) is 16.1 Å². The molecule has 0 bridgehead atoms. The van der Waals surface area contributed by atoms with Crippen LogP contribution >= 0.6 is 0 Å². The number of rotatable bonds is 0. The number of hydrogen-bond donors (Lipinski definition) is 0. The van der Waals surface area contributed by atoms with E-state index in [2.05, 4.69) is 122 Å². The van der Waals surface area contributed by atoms with Crippen molar-refractivity contribution in [2.24, 2.45) is 0 Å². The van der Waals surface area contributed by atoms with Crippen molar-refractivity contribution in [2.45, 2.75) is 72.9 Å². The van der Waals surface area contributed by atoms with Gasteiger partial charge in [-0.2, -0.15) is 0 Å². The van der Waals surface area contributed by atoms with Gasteiger partial charge in [0.1, 0.15) is 0 Å². The van der Waals surface area contributed by atoms with Crippen LogP contribution in [-0.2, 0) is 37.4 Å². The smallest absolute Gasteiger partial charge is 0.381 e. The first-order valence-electron chi connectivity index (χ1n) is 12.9. The summed E-state index contributed by atoms with van der Waals surface area (Å²) in [4.78, 5) is 0. The molecule has 0 N–H and O–H groups in total. The van der Waals surface area contributed by atoms with Gasteiger partial charge in [0.2, 0.25) is 0 Å². The molecule has 2 aliphatic carbocycles. The monoisotopic (exact) mass is 592 g/mol. The van der Waals surface area contributed by atoms with E-state index >= 15 is 0 Å². The van der Waals surface area contributed by atoms with Crippen molar-refractivity contribution in [2.75, 3.05) is 13.2 Å². The number of fused-ring (bicyclic) bond motifs is 6. The summed E-state index contributed by atoms with van der Waals surface area (Å²) in [6.07, 6.45) is 2.56. The molecule has 1 saturated heterocycles. The maximum absolute atomic E-state index is 4.94. The molecule has 0 aromatic heterocycles. The molecule has 191 valence electrons. The summed E-state index contributed by atoms with van der Waals surface area (Å²) in [5.74, 6) is 7.17. The summed E-state index contributed by atoms with van der Waals surface area (Å²) < 4.78 is 4.94. The third-order valence-electron chi connectivity index (χ3n) is 5.64. The fourth-order valence-corrected chi connectivity index (χ4v) is 4.09. The second kappa shape index (κ2) is 14.9. The standard InChI is InChI=1S/C20H17.C4H8O.2C4H11Si.Y/c1-12-13(2)19-17-10-6-4-8-15(17)16-9-5-7-11-18(16)20(19)14(12)3;1-2-4-5-3-1;2*1-5(2,3)4;/h4-11H,1-3H3;1-4H2;2*1H2,2-4H3;/q;;2*-1;+3. The van der Waals surface area contributed by atoms with Crippen LogP contribution in [0.2, 0.25) is 39.3 Å². The predicted octanol–water partition coefficient (Wildman–Crippen LogP) is 9.20. The van der Waals surface area contributed by atoms with Crippen LogP contribution in [0.5, 0.6) is 0 Å². The van der Waals surface area contributed by atoms with Crippen molar-refractivity contribution >= 4 is 16.1 Å². The largest absolute Gasteiger partial charge is 3.00 e. The van der Waals surface area contributed by atoms with Crippen molar-refractivity contribution in [1.82, 2.24) is 0 Å². The zero-order valence-corrected chi connectivity index (χ0v) is 29.2. The molecule has 2 fully saturated rings. The van der Waals surface area contributed by atoms with Gasteiger partial charge < -0.3 is 17.8 Å². The van der Waals surface area contributed by atoms with E-state index in [1.165, 1.54) is 64.7 Å². The van der Waals surface area contributed by atoms with E-state index < -0.39 is 16.1 Å². The van der Waals surface area contributed by atoms with Gasteiger partial charge >= 0.3 is 32.7 Å². The zero-order chi connectivity index (χ0) is 26.4. The molecule has 0 spiro atoms. The van der Waals surface area contributed by atoms with E-state index in [4.69, 9.17) is 4.74 Å². The maximum Gasteiger partial charge on any atom is 3.00 e. The van der Waals surface area contributed by atoms with Gasteiger partial charge in [0.15, 0.2) is 0 Å². The molecular weight excluding hydrogens is 545 g/mol. The molecular formula is C32H47OSi2Y+. The minimum atomic E-state index is -0.861. The Morgan fingerprint density at radius 1 is 0.556 bits per heavy atom. The molecule has 5 rings (SSSR count). The Kier molecular flexibility index (Phi) is 14.1. The van der Waals surface area contributed by atoms with E-state index in [1.807, 2.05) is 0 Å². The summed E-state index contributed by atoms with van der Waals surface area (Å²) in [7, 11) is -1.72. The Morgan fingerprint density at radius 3 is 1.08 bits per heavy atom. The average molecular weight is 593 g/mol. The summed E-state index contributed by atoms with van der Waals surface area (Å²) in [5, 5.41) is 0. The van der Waals surface area contributed by atoms with Gasteiger partial charge in [-0.1, -0.05) is 109 Å². The van der Waals surface area contributed by atoms with Gasteiger partial charge in [0, 0.05) is 25.0 Å². The van der Waals surface area contributed by atoms with Crippen LogP contribution < -0.4 is 0 Å². The summed E-state index contributed by atoms with van der Waals surface area (Å²) in [6, 6.07) is 17.6. The minimum absolute atomic E-state index is 0. The van der Waals surface area contributed by atoms with Gasteiger partial charge in [0.25, 0.3) is 0 Å². The molecule has 1 heterocycles. The van der Waals surface area contributed by atoms with Crippen molar-refractivity contribution < 1.29 is 37.4 Å². The van der Waals surface area contributed by atoms with Gasteiger partial charge in [-0.3, -0.25) is 0 Å². The Bertz CT molecular complexity index is 822. The van der Waals surface area contributed by atoms with Crippen molar-refractivity contribution in [3.05, 3.63) is 102 Å². The molecule has 2 aromatic carbocycles. The van der Waals surface area contributed by atoms with Gasteiger partial charge in [0.05, 0.1) is 0 Å². The second-order valence-electron chi connectivity index (χ2n) is 12.2. The molecule has 5 radical (unpaired) electrons. The van der Waals surface area contributed by atoms with Crippen LogP contribution in [0, 0.1) is 42.7 Å². The van der Waals surface area contributed by atoms with Crippen LogP contribution in [0.3, 0.4) is 0 Å². The molecule has 1 saturated carbocycles. The first kappa shape index (κ1) is 34.0. The van der Waals surface area contributed by atoms with Crippen LogP contribution in [0.15, 0.2) is 48.5 Å². The first-order chi connectivity index (χ1) is 16.2. The summed E-state index contributed by atoms with van der Waals surface area (Å²) in [6.45, 7) is 29.9. The average Bonchev–Trinajstić information content (AvgIpc) is 3.40. The van der Waals surface area contributed by atoms with Crippen LogP contribution in [0.4, 0.5) is 0 Å². The van der Waals surface area contributed by atoms with Crippen LogP contribution in [0.25, 0.3) is 11.1 Å². The quantitative estimate of drug-likeness (QED) is 0.219. The zero-order valence-electron chi connectivity index (χ0n) is 24.3. The van der Waals surface area contributed by atoms with Crippen LogP contribution in [0.1, 0.15) is 44.7 Å². The Morgan fingerprint density at radius 2 is 0.833 bits per heavy atom. The first-order valence-corrected chi connectivity index (χ1v) is 20.4. The van der Waals surface area contributed by atoms with Crippen molar-refractivity contribution in [3.63, 3.8) is 0 Å². The molecule has 1 aliphatic heterocycles. The van der Waals surface area contributed by atoms with E-state index in [0.29, 0.717) is 0 Å². The second-order valence-corrected chi connectivity index (χ2v) is 22.4. The Balaban J connectivity index is 0.000000334. The third-order valence-corrected chi connectivity index (χ3v) is 5.64. The normalized spacial score (nSPS) is 18.2. The molecule has 3 aliphatic rings. The fourth-order valence-electron chi connectivity index (χ4n) is 4.09. The van der Waals surface area contributed by atoms with Crippen molar-refractivity contribution in [3.8, 4) is 11.1 Å². The summed E-state index contributed by atoms with van der Waals surface area (Å²) >= 11 is 0. The minimum Gasteiger partial charge on any atom is -0.381 e. The summed E-state index contributed by atoms with van der Waals surface area (Å²) in [5.41, 5.74) is 5.50. The molecule has 0 amide bonds. The number of hydrogen-bond acceptors (Lipinski definition) is 1. The van der Waals surface area contributed by atoms with E-state index in [9.17, 15) is 0 Å². The van der Waals surface area contributed by atoms with E-state index in [-0.39, 0.29) is 32.7 Å². The molecule has 0 atom stereocenters. The molecule has 36 heavy (non-hydrogen) atoms. The van der Waals surface area contributed by atoms with Crippen LogP contribution in [-0.4, -0.2) is 29.4 Å². The predicted molar refractivity (Wildman–Crippen MR) is 161 cm³/mol. The SMILES string of the molecule is C1CCOC1.C[C]1[C](C)[C]2[C]([C]1C)c1ccccc1-c1ccccc12.[CH2-][Si](C)(C)C.[CH2-][Si](C)(C)C.[Y+3]. The van der Waals surface area contributed by atoms with Gasteiger partial charge in [-0.05, 0) is 52.8 Å². The third kappa shape index (κ3) is 10.6. The van der Waals surface area contributed by atoms with Gasteiger partial charge in [-0.25, -0.2) is 0 Å². The van der Waals surface area contributed by atoms with E-state index in [0.717, 1.165) is 13.2 Å². The van der Waals surface area contributed by atoms with E-state index in [1.54, 1.807) is 0 Å². The molecule has 0 unspecified atom stereocenters. The Hall–Kier alpha value is -0.0623.